The number of carbonyl (C=O) groups is 1. The zero-order chi connectivity index (χ0) is 31.7. The summed E-state index contributed by atoms with van der Waals surface area (Å²) in [7, 11) is 1.59. The van der Waals surface area contributed by atoms with Crippen LogP contribution >= 0.6 is 56.5 Å². The molecule has 0 bridgehead atoms. The van der Waals surface area contributed by atoms with E-state index in [0.29, 0.717) is 38.5 Å². The summed E-state index contributed by atoms with van der Waals surface area (Å²) in [4.78, 5) is 33.0. The van der Waals surface area contributed by atoms with Crippen molar-refractivity contribution < 1.29 is 19.0 Å². The molecule has 7 nitrogen and oxygen atoms in total. The van der Waals surface area contributed by atoms with E-state index in [1.165, 1.54) is 11.3 Å². The van der Waals surface area contributed by atoms with Crippen LogP contribution in [0, 0.1) is 7.14 Å². The van der Waals surface area contributed by atoms with Crippen LogP contribution in [-0.4, -0.2) is 24.3 Å². The maximum atomic E-state index is 14.3. The molecule has 10 heteroatoms. The third kappa shape index (κ3) is 6.19. The number of fused-ring (bicyclic) bond motifs is 2. The number of benzene rings is 4. The number of aromatic nitrogens is 1. The van der Waals surface area contributed by atoms with E-state index in [0.717, 1.165) is 34.8 Å². The van der Waals surface area contributed by atoms with Crippen molar-refractivity contribution in [2.45, 2.75) is 26.5 Å². The van der Waals surface area contributed by atoms with Crippen LogP contribution in [0.15, 0.2) is 99.9 Å². The van der Waals surface area contributed by atoms with Crippen molar-refractivity contribution in [2.75, 3.05) is 13.7 Å². The molecule has 0 spiro atoms. The number of rotatable bonds is 8. The minimum atomic E-state index is -0.794. The Morgan fingerprint density at radius 2 is 1.73 bits per heavy atom. The number of hydrogen-bond acceptors (Lipinski definition) is 7. The lowest BCUT2D eigenvalue weighted by atomic mass is 9.90. The van der Waals surface area contributed by atoms with E-state index in [9.17, 15) is 9.59 Å². The SMILES string of the molecule is CCOC(=O)C1=C(C)N=c2s/c(=C\c3cc(I)c(OCc4ccccc4)c(I)c3)c(=O)n2C1c1c(OC)ccc2ccccc12. The average Bonchev–Trinajstić information content (AvgIpc) is 3.33. The Morgan fingerprint density at radius 1 is 1.02 bits per heavy atom. The minimum Gasteiger partial charge on any atom is -0.496 e. The summed E-state index contributed by atoms with van der Waals surface area (Å²) in [5, 5.41) is 1.84. The Morgan fingerprint density at radius 3 is 2.44 bits per heavy atom. The number of hydrogen-bond donors (Lipinski definition) is 0. The van der Waals surface area contributed by atoms with Crippen molar-refractivity contribution >= 4 is 79.3 Å². The van der Waals surface area contributed by atoms with E-state index in [4.69, 9.17) is 19.2 Å². The molecular formula is C35H28I2N2O5S. The average molecular weight is 842 g/mol. The number of thiazole rings is 1. The van der Waals surface area contributed by atoms with Gasteiger partial charge in [0, 0.05) is 5.56 Å². The molecule has 4 aromatic carbocycles. The summed E-state index contributed by atoms with van der Waals surface area (Å²) in [5.74, 6) is 0.861. The molecule has 228 valence electrons. The van der Waals surface area contributed by atoms with Gasteiger partial charge >= 0.3 is 5.97 Å². The van der Waals surface area contributed by atoms with Crippen LogP contribution in [0.4, 0.5) is 0 Å². The fourth-order valence-corrected chi connectivity index (χ4v) is 8.66. The zero-order valence-electron chi connectivity index (χ0n) is 24.7. The molecule has 0 saturated carbocycles. The molecule has 1 aliphatic rings. The first-order valence-electron chi connectivity index (χ1n) is 14.2. The van der Waals surface area contributed by atoms with Crippen molar-refractivity contribution in [1.82, 2.24) is 4.57 Å². The van der Waals surface area contributed by atoms with Crippen molar-refractivity contribution in [3.05, 3.63) is 134 Å². The van der Waals surface area contributed by atoms with Gasteiger partial charge in [-0.3, -0.25) is 9.36 Å². The first-order chi connectivity index (χ1) is 21.8. The van der Waals surface area contributed by atoms with Crippen LogP contribution in [0.2, 0.25) is 0 Å². The molecule has 6 rings (SSSR count). The lowest BCUT2D eigenvalue weighted by molar-refractivity contribution is -0.139. The Kier molecular flexibility index (Phi) is 9.43. The molecule has 0 saturated heterocycles. The van der Waals surface area contributed by atoms with Crippen LogP contribution < -0.4 is 24.4 Å². The largest absolute Gasteiger partial charge is 0.496 e. The molecule has 0 N–H and O–H groups in total. The summed E-state index contributed by atoms with van der Waals surface area (Å²) >= 11 is 5.83. The Hall–Kier alpha value is -3.49. The Labute approximate surface area is 291 Å². The van der Waals surface area contributed by atoms with E-state index in [1.54, 1.807) is 25.5 Å². The van der Waals surface area contributed by atoms with Crippen molar-refractivity contribution in [2.24, 2.45) is 4.99 Å². The lowest BCUT2D eigenvalue weighted by Crippen LogP contribution is -2.40. The van der Waals surface area contributed by atoms with Crippen LogP contribution in [-0.2, 0) is 16.1 Å². The van der Waals surface area contributed by atoms with E-state index in [1.807, 2.05) is 84.9 Å². The number of ether oxygens (including phenoxy) is 3. The number of allylic oxidation sites excluding steroid dienone is 1. The minimum absolute atomic E-state index is 0.196. The number of nitrogens with zero attached hydrogens (tertiary/aromatic N) is 2. The van der Waals surface area contributed by atoms with Gasteiger partial charge in [-0.1, -0.05) is 72.0 Å². The maximum Gasteiger partial charge on any atom is 0.338 e. The summed E-state index contributed by atoms with van der Waals surface area (Å²) < 4.78 is 21.5. The second-order valence-electron chi connectivity index (χ2n) is 10.3. The quantitative estimate of drug-likeness (QED) is 0.128. The summed E-state index contributed by atoms with van der Waals surface area (Å²) in [6, 6.07) is 25.0. The van der Waals surface area contributed by atoms with Gasteiger partial charge in [-0.25, -0.2) is 9.79 Å². The molecule has 1 aliphatic heterocycles. The molecule has 5 aromatic rings. The molecule has 0 amide bonds. The molecule has 1 aromatic heterocycles. The van der Waals surface area contributed by atoms with Crippen LogP contribution in [0.3, 0.4) is 0 Å². The van der Waals surface area contributed by atoms with Gasteiger partial charge in [-0.15, -0.1) is 0 Å². The van der Waals surface area contributed by atoms with E-state index < -0.39 is 12.0 Å². The van der Waals surface area contributed by atoms with Gasteiger partial charge in [0.2, 0.25) is 0 Å². The lowest BCUT2D eigenvalue weighted by Gasteiger charge is -2.27. The number of halogens is 2. The maximum absolute atomic E-state index is 14.3. The molecule has 0 fully saturated rings. The summed E-state index contributed by atoms with van der Waals surface area (Å²) in [6.45, 7) is 4.20. The predicted octanol–water partition coefficient (Wildman–Crippen LogP) is 6.75. The zero-order valence-corrected chi connectivity index (χ0v) is 29.8. The molecular weight excluding hydrogens is 814 g/mol. The normalized spacial score (nSPS) is 14.7. The molecule has 1 atom stereocenters. The van der Waals surface area contributed by atoms with Gasteiger partial charge in [0.25, 0.3) is 5.56 Å². The first kappa shape index (κ1) is 31.5. The summed E-state index contributed by atoms with van der Waals surface area (Å²) in [6.07, 6.45) is 1.87. The molecule has 2 heterocycles. The third-order valence-electron chi connectivity index (χ3n) is 7.49. The van der Waals surface area contributed by atoms with Crippen LogP contribution in [0.1, 0.15) is 36.6 Å². The van der Waals surface area contributed by atoms with Gasteiger partial charge in [0.15, 0.2) is 4.80 Å². The second-order valence-corrected chi connectivity index (χ2v) is 13.6. The van der Waals surface area contributed by atoms with Crippen LogP contribution in [0.5, 0.6) is 11.5 Å². The Bertz CT molecular complexity index is 2130. The highest BCUT2D eigenvalue weighted by atomic mass is 127. The van der Waals surface area contributed by atoms with E-state index in [-0.39, 0.29) is 12.2 Å². The topological polar surface area (TPSA) is 79.1 Å². The van der Waals surface area contributed by atoms with E-state index >= 15 is 0 Å². The highest BCUT2D eigenvalue weighted by molar-refractivity contribution is 14.1. The fraction of sp³-hybridized carbons (Fsp3) is 0.171. The van der Waals surface area contributed by atoms with Crippen molar-refractivity contribution in [3.8, 4) is 11.5 Å². The smallest absolute Gasteiger partial charge is 0.338 e. The molecule has 1 unspecified atom stereocenters. The van der Waals surface area contributed by atoms with Gasteiger partial charge in [-0.2, -0.15) is 0 Å². The van der Waals surface area contributed by atoms with Crippen molar-refractivity contribution in [3.63, 3.8) is 0 Å². The standard InChI is InChI=1S/C35H28I2N2O5S/c1-4-43-34(41)29-20(2)38-35-39(31(29)30-24-13-9-8-12-23(24)14-15-27(30)42-3)33(40)28(45-35)18-22-16-25(36)32(26(37)17-22)44-19-21-10-6-5-7-11-21/h5-18,31H,4,19H2,1-3H3/b28-18-. The molecule has 45 heavy (non-hydrogen) atoms. The first-order valence-corrected chi connectivity index (χ1v) is 17.2. The second kappa shape index (κ2) is 13.5. The number of carbonyl (C=O) groups excluding carboxylic acids is 1. The van der Waals surface area contributed by atoms with Gasteiger partial charge in [0.05, 0.1) is 36.7 Å². The number of methoxy groups -OCH3 is 1. The van der Waals surface area contributed by atoms with Crippen LogP contribution in [0.25, 0.3) is 16.8 Å². The van der Waals surface area contributed by atoms with Gasteiger partial charge in [0.1, 0.15) is 24.1 Å². The molecule has 0 aliphatic carbocycles. The highest BCUT2D eigenvalue weighted by Crippen LogP contribution is 2.40. The van der Waals surface area contributed by atoms with E-state index in [2.05, 4.69) is 45.2 Å². The number of esters is 1. The molecule has 0 radical (unpaired) electrons. The third-order valence-corrected chi connectivity index (χ3v) is 10.1. The van der Waals surface area contributed by atoms with Crippen molar-refractivity contribution in [1.29, 1.82) is 0 Å². The predicted molar refractivity (Wildman–Crippen MR) is 194 cm³/mol. The van der Waals surface area contributed by atoms with Gasteiger partial charge in [-0.05, 0) is 105 Å². The highest BCUT2D eigenvalue weighted by Gasteiger charge is 2.36. The fourth-order valence-electron chi connectivity index (χ4n) is 5.48. The Balaban J connectivity index is 1.50. The van der Waals surface area contributed by atoms with Gasteiger partial charge < -0.3 is 14.2 Å². The monoisotopic (exact) mass is 842 g/mol. The summed E-state index contributed by atoms with van der Waals surface area (Å²) in [5.41, 5.74) is 3.23.